The third-order valence-corrected chi connectivity index (χ3v) is 5.75. The number of pyridine rings is 1. The van der Waals surface area contributed by atoms with Crippen LogP contribution in [0.4, 0.5) is 0 Å². The van der Waals surface area contributed by atoms with E-state index in [0.29, 0.717) is 18.4 Å². The summed E-state index contributed by atoms with van der Waals surface area (Å²) < 4.78 is 5.25. The molecule has 0 radical (unpaired) electrons. The highest BCUT2D eigenvalue weighted by molar-refractivity contribution is 5.79. The topological polar surface area (TPSA) is 45.7 Å². The molecule has 0 unspecified atom stereocenters. The maximum Gasteiger partial charge on any atom is 0.227 e. The van der Waals surface area contributed by atoms with Crippen LogP contribution in [0.1, 0.15) is 24.0 Å². The van der Waals surface area contributed by atoms with Gasteiger partial charge in [-0.15, -0.1) is 0 Å². The molecular formula is C22H27N3O2. The molecule has 2 atom stereocenters. The van der Waals surface area contributed by atoms with Crippen LogP contribution in [-0.4, -0.2) is 53.5 Å². The molecule has 2 bridgehead atoms. The number of piperidine rings is 1. The number of methoxy groups -OCH3 is 1. The molecule has 0 spiro atoms. The normalized spacial score (nSPS) is 22.5. The number of ether oxygens (including phenoxy) is 1. The Balaban J connectivity index is 1.41. The Morgan fingerprint density at radius 2 is 1.96 bits per heavy atom. The predicted molar refractivity (Wildman–Crippen MR) is 104 cm³/mol. The molecule has 5 rings (SSSR count). The smallest absolute Gasteiger partial charge is 0.227 e. The van der Waals surface area contributed by atoms with Crippen molar-refractivity contribution in [2.24, 2.45) is 5.92 Å². The van der Waals surface area contributed by atoms with Gasteiger partial charge in [-0.1, -0.05) is 18.2 Å². The van der Waals surface area contributed by atoms with Gasteiger partial charge >= 0.3 is 0 Å². The number of benzene rings is 1. The number of hydrogen-bond donors (Lipinski definition) is 0. The second kappa shape index (κ2) is 8.09. The third kappa shape index (κ3) is 4.30. The molecule has 3 aliphatic rings. The van der Waals surface area contributed by atoms with Crippen LogP contribution in [-0.2, 0) is 17.8 Å². The summed E-state index contributed by atoms with van der Waals surface area (Å²) in [4.78, 5) is 21.7. The van der Waals surface area contributed by atoms with Crippen molar-refractivity contribution >= 4 is 5.91 Å². The maximum absolute atomic E-state index is 12.9. The van der Waals surface area contributed by atoms with Crippen molar-refractivity contribution in [2.45, 2.75) is 31.8 Å². The monoisotopic (exact) mass is 365 g/mol. The number of fused-ring (bicyclic) bond motifs is 4. The summed E-state index contributed by atoms with van der Waals surface area (Å²) in [5.74, 6) is 1.70. The molecule has 5 nitrogen and oxygen atoms in total. The van der Waals surface area contributed by atoms with E-state index in [0.717, 1.165) is 43.9 Å². The van der Waals surface area contributed by atoms with Gasteiger partial charge in [0.1, 0.15) is 5.75 Å². The van der Waals surface area contributed by atoms with Gasteiger partial charge in [-0.3, -0.25) is 14.7 Å². The number of rotatable bonds is 5. The van der Waals surface area contributed by atoms with E-state index in [9.17, 15) is 4.79 Å². The maximum atomic E-state index is 12.9. The Kier molecular flexibility index (Phi) is 5.39. The lowest BCUT2D eigenvalue weighted by molar-refractivity contribution is -0.134. The van der Waals surface area contributed by atoms with E-state index in [1.165, 1.54) is 12.0 Å². The number of hydrogen-bond acceptors (Lipinski definition) is 4. The van der Waals surface area contributed by atoms with Crippen LogP contribution in [0.15, 0.2) is 48.8 Å². The summed E-state index contributed by atoms with van der Waals surface area (Å²) in [6.07, 6.45) is 6.33. The van der Waals surface area contributed by atoms with Gasteiger partial charge in [-0.05, 0) is 48.1 Å². The first kappa shape index (κ1) is 18.0. The van der Waals surface area contributed by atoms with Crippen molar-refractivity contribution in [3.8, 4) is 5.75 Å². The molecule has 0 saturated carbocycles. The Labute approximate surface area is 161 Å². The molecule has 3 fully saturated rings. The molecule has 0 aliphatic carbocycles. The molecule has 5 heteroatoms. The number of nitrogens with zero attached hydrogens (tertiary/aromatic N) is 3. The van der Waals surface area contributed by atoms with Crippen LogP contribution < -0.4 is 4.74 Å². The Morgan fingerprint density at radius 1 is 1.11 bits per heavy atom. The molecule has 4 heterocycles. The lowest BCUT2D eigenvalue weighted by Crippen LogP contribution is -2.48. The second-order valence-corrected chi connectivity index (χ2v) is 7.72. The van der Waals surface area contributed by atoms with Gasteiger partial charge in [0.05, 0.1) is 13.5 Å². The average molecular weight is 365 g/mol. The Morgan fingerprint density at radius 3 is 2.70 bits per heavy atom. The fraction of sp³-hybridized carbons (Fsp3) is 0.455. The first-order valence-electron chi connectivity index (χ1n) is 9.75. The highest BCUT2D eigenvalue weighted by atomic mass is 16.5. The van der Waals surface area contributed by atoms with Crippen molar-refractivity contribution < 1.29 is 9.53 Å². The van der Waals surface area contributed by atoms with Gasteiger partial charge in [0.25, 0.3) is 0 Å². The van der Waals surface area contributed by atoms with Gasteiger partial charge < -0.3 is 9.64 Å². The average Bonchev–Trinajstić information content (AvgIpc) is 3.00. The minimum Gasteiger partial charge on any atom is -0.497 e. The zero-order valence-electron chi connectivity index (χ0n) is 15.9. The van der Waals surface area contributed by atoms with Gasteiger partial charge in [0.15, 0.2) is 0 Å². The highest BCUT2D eigenvalue weighted by Crippen LogP contribution is 2.29. The van der Waals surface area contributed by atoms with Crippen molar-refractivity contribution in [3.63, 3.8) is 0 Å². The highest BCUT2D eigenvalue weighted by Gasteiger charge is 2.36. The fourth-order valence-corrected chi connectivity index (χ4v) is 4.38. The minimum absolute atomic E-state index is 0.240. The molecule has 0 N–H and O–H groups in total. The first-order chi connectivity index (χ1) is 13.2. The summed E-state index contributed by atoms with van der Waals surface area (Å²) >= 11 is 0. The molecule has 1 amide bonds. The molecular weight excluding hydrogens is 338 g/mol. The molecule has 142 valence electrons. The largest absolute Gasteiger partial charge is 0.497 e. The predicted octanol–water partition coefficient (Wildman–Crippen LogP) is 2.76. The van der Waals surface area contributed by atoms with Crippen molar-refractivity contribution in [3.05, 3.63) is 59.9 Å². The standard InChI is InChI=1S/C22H27N3O2/c1-27-21-8-5-17(6-9-21)13-24-14-19-4-7-20(16-24)25(15-19)22(26)11-18-3-2-10-23-12-18/h2-3,5-6,8-10,12,19-20H,4,7,11,13-16H2,1H3/t19-,20+/m1/s1. The number of carbonyl (C=O) groups is 1. The quantitative estimate of drug-likeness (QED) is 0.817. The zero-order chi connectivity index (χ0) is 18.6. The summed E-state index contributed by atoms with van der Waals surface area (Å²) in [7, 11) is 1.69. The van der Waals surface area contributed by atoms with E-state index in [-0.39, 0.29) is 5.91 Å². The molecule has 3 saturated heterocycles. The molecule has 2 aromatic rings. The van der Waals surface area contributed by atoms with Gasteiger partial charge in [0, 0.05) is 44.6 Å². The van der Waals surface area contributed by atoms with E-state index in [2.05, 4.69) is 26.9 Å². The first-order valence-corrected chi connectivity index (χ1v) is 9.75. The van der Waals surface area contributed by atoms with Crippen LogP contribution in [0.2, 0.25) is 0 Å². The fourth-order valence-electron chi connectivity index (χ4n) is 4.38. The Hall–Kier alpha value is -2.40. The van der Waals surface area contributed by atoms with Gasteiger partial charge in [0.2, 0.25) is 5.91 Å². The van der Waals surface area contributed by atoms with Crippen LogP contribution in [0.3, 0.4) is 0 Å². The molecule has 1 aromatic carbocycles. The summed E-state index contributed by atoms with van der Waals surface area (Å²) in [6.45, 7) is 3.85. The summed E-state index contributed by atoms with van der Waals surface area (Å²) in [6, 6.07) is 12.5. The van der Waals surface area contributed by atoms with Crippen LogP contribution in [0, 0.1) is 5.92 Å². The summed E-state index contributed by atoms with van der Waals surface area (Å²) in [5.41, 5.74) is 2.29. The van der Waals surface area contributed by atoms with Crippen molar-refractivity contribution in [1.82, 2.24) is 14.8 Å². The van der Waals surface area contributed by atoms with E-state index < -0.39 is 0 Å². The van der Waals surface area contributed by atoms with Crippen LogP contribution in [0.25, 0.3) is 0 Å². The van der Waals surface area contributed by atoms with Crippen LogP contribution >= 0.6 is 0 Å². The van der Waals surface area contributed by atoms with Crippen LogP contribution in [0.5, 0.6) is 5.75 Å². The lowest BCUT2D eigenvalue weighted by Gasteiger charge is -2.36. The second-order valence-electron chi connectivity index (χ2n) is 7.72. The van der Waals surface area contributed by atoms with Crippen molar-refractivity contribution in [2.75, 3.05) is 26.7 Å². The molecule has 27 heavy (non-hydrogen) atoms. The summed E-state index contributed by atoms with van der Waals surface area (Å²) in [5, 5.41) is 0. The van der Waals surface area contributed by atoms with Crippen molar-refractivity contribution in [1.29, 1.82) is 0 Å². The van der Waals surface area contributed by atoms with E-state index >= 15 is 0 Å². The number of aromatic nitrogens is 1. The lowest BCUT2D eigenvalue weighted by atomic mass is 9.94. The number of amides is 1. The van der Waals surface area contributed by atoms with E-state index in [1.807, 2.05) is 24.3 Å². The van der Waals surface area contributed by atoms with Gasteiger partial charge in [-0.2, -0.15) is 0 Å². The zero-order valence-corrected chi connectivity index (χ0v) is 15.9. The van der Waals surface area contributed by atoms with Gasteiger partial charge in [-0.25, -0.2) is 0 Å². The SMILES string of the molecule is COc1ccc(CN2C[C@H]3CC[C@@H](C2)N(C(=O)Cc2cccnc2)C3)cc1. The minimum atomic E-state index is 0.240. The third-order valence-electron chi connectivity index (χ3n) is 5.75. The van der Waals surface area contributed by atoms with E-state index in [1.54, 1.807) is 19.5 Å². The Bertz CT molecular complexity index is 763. The number of carbonyl (C=O) groups excluding carboxylic acids is 1. The molecule has 3 aliphatic heterocycles. The van der Waals surface area contributed by atoms with E-state index in [4.69, 9.17) is 4.74 Å². The molecule has 1 aromatic heterocycles.